The molecule has 1 unspecified atom stereocenters. The first-order valence-electron chi connectivity index (χ1n) is 14.2. The number of hydrogen-bond acceptors (Lipinski definition) is 3. The standard InChI is InChI=1S/C14H20O2.C12H19N3.C8H9Cl/c1-5-6-14(12(4)15)16-13-8-7-10(2)9-11(13)3;1-2-3-10-4-6-11(7-5-10)8-9-15-12(13)14;1-2-7-4-3-5-8(9)6-7/h7-9,14H,5-6H2,1-4H3;4-7H,2-3,8-9H2,1H3,(H4,13,14,15);3-6H,2H2,1H3. The highest BCUT2D eigenvalue weighted by Gasteiger charge is 2.15. The van der Waals surface area contributed by atoms with Crippen LogP contribution < -0.4 is 16.2 Å². The fourth-order valence-electron chi connectivity index (χ4n) is 3.92. The second-order valence-electron chi connectivity index (χ2n) is 9.88. The van der Waals surface area contributed by atoms with Crippen molar-refractivity contribution in [1.29, 1.82) is 0 Å². The summed E-state index contributed by atoms with van der Waals surface area (Å²) < 4.78 is 5.75. The van der Waals surface area contributed by atoms with Crippen molar-refractivity contribution in [3.63, 3.8) is 0 Å². The number of hydrogen-bond donors (Lipinski definition) is 2. The molecule has 0 aromatic heterocycles. The minimum absolute atomic E-state index is 0.0989. The van der Waals surface area contributed by atoms with Gasteiger partial charge in [-0.1, -0.05) is 99.3 Å². The van der Waals surface area contributed by atoms with E-state index in [-0.39, 0.29) is 17.8 Å². The van der Waals surface area contributed by atoms with Gasteiger partial charge < -0.3 is 16.2 Å². The van der Waals surface area contributed by atoms with Gasteiger partial charge in [-0.25, -0.2) is 0 Å². The second-order valence-corrected chi connectivity index (χ2v) is 10.3. The van der Waals surface area contributed by atoms with E-state index in [9.17, 15) is 4.79 Å². The number of aliphatic imine (C=N–C) groups is 1. The molecular formula is C34H48ClN3O2. The molecule has 40 heavy (non-hydrogen) atoms. The molecule has 0 saturated carbocycles. The van der Waals surface area contributed by atoms with Crippen LogP contribution >= 0.6 is 11.6 Å². The van der Waals surface area contributed by atoms with Gasteiger partial charge in [-0.15, -0.1) is 0 Å². The smallest absolute Gasteiger partial charge is 0.185 e. The Hall–Kier alpha value is -3.31. The van der Waals surface area contributed by atoms with Crippen molar-refractivity contribution in [3.05, 3.63) is 99.6 Å². The Morgan fingerprint density at radius 3 is 2.00 bits per heavy atom. The minimum atomic E-state index is -0.300. The van der Waals surface area contributed by atoms with Crippen LogP contribution in [0.5, 0.6) is 5.75 Å². The van der Waals surface area contributed by atoms with Crippen molar-refractivity contribution in [1.82, 2.24) is 0 Å². The lowest BCUT2D eigenvalue weighted by Gasteiger charge is -2.17. The van der Waals surface area contributed by atoms with Crippen molar-refractivity contribution < 1.29 is 9.53 Å². The van der Waals surface area contributed by atoms with Gasteiger partial charge in [-0.2, -0.15) is 0 Å². The van der Waals surface area contributed by atoms with E-state index in [0.717, 1.165) is 48.4 Å². The van der Waals surface area contributed by atoms with Crippen LogP contribution in [0, 0.1) is 13.8 Å². The maximum atomic E-state index is 11.4. The Labute approximate surface area is 247 Å². The zero-order chi connectivity index (χ0) is 29.9. The van der Waals surface area contributed by atoms with E-state index >= 15 is 0 Å². The average molecular weight is 566 g/mol. The monoisotopic (exact) mass is 565 g/mol. The van der Waals surface area contributed by atoms with Crippen LogP contribution in [0.1, 0.15) is 74.8 Å². The molecule has 4 N–H and O–H groups in total. The van der Waals surface area contributed by atoms with Crippen LogP contribution in [0.2, 0.25) is 5.02 Å². The Morgan fingerprint density at radius 2 is 1.52 bits per heavy atom. The van der Waals surface area contributed by atoms with E-state index in [2.05, 4.69) is 62.2 Å². The van der Waals surface area contributed by atoms with Crippen LogP contribution in [0.15, 0.2) is 71.7 Å². The summed E-state index contributed by atoms with van der Waals surface area (Å²) in [7, 11) is 0. The van der Waals surface area contributed by atoms with Gasteiger partial charge in [0.2, 0.25) is 0 Å². The quantitative estimate of drug-likeness (QED) is 0.183. The molecule has 0 aliphatic rings. The largest absolute Gasteiger partial charge is 0.482 e. The molecule has 0 aliphatic carbocycles. The van der Waals surface area contributed by atoms with Gasteiger partial charge in [0.25, 0.3) is 0 Å². The molecular weight excluding hydrogens is 518 g/mol. The lowest BCUT2D eigenvalue weighted by atomic mass is 10.1. The third kappa shape index (κ3) is 14.7. The average Bonchev–Trinajstić information content (AvgIpc) is 2.91. The van der Waals surface area contributed by atoms with E-state index in [0.29, 0.717) is 6.54 Å². The zero-order valence-corrected chi connectivity index (χ0v) is 25.9. The van der Waals surface area contributed by atoms with Gasteiger partial charge in [-0.3, -0.25) is 9.79 Å². The Morgan fingerprint density at radius 1 is 0.875 bits per heavy atom. The number of nitrogens with two attached hydrogens (primary N) is 2. The van der Waals surface area contributed by atoms with Crippen LogP contribution in [-0.2, 0) is 24.1 Å². The van der Waals surface area contributed by atoms with Crippen molar-refractivity contribution in [2.75, 3.05) is 6.54 Å². The molecule has 0 fully saturated rings. The third-order valence-electron chi connectivity index (χ3n) is 6.16. The van der Waals surface area contributed by atoms with E-state index in [1.807, 2.05) is 44.2 Å². The topological polar surface area (TPSA) is 90.7 Å². The predicted octanol–water partition coefficient (Wildman–Crippen LogP) is 7.80. The number of nitrogens with zero attached hydrogens (tertiary/aromatic N) is 1. The second kappa shape index (κ2) is 19.7. The van der Waals surface area contributed by atoms with E-state index in [1.165, 1.54) is 28.7 Å². The molecule has 3 aromatic carbocycles. The first-order chi connectivity index (χ1) is 19.1. The van der Waals surface area contributed by atoms with Gasteiger partial charge >= 0.3 is 0 Å². The van der Waals surface area contributed by atoms with Gasteiger partial charge in [0, 0.05) is 11.6 Å². The van der Waals surface area contributed by atoms with Gasteiger partial charge in [0.05, 0.1) is 0 Å². The van der Waals surface area contributed by atoms with E-state index in [4.69, 9.17) is 27.8 Å². The summed E-state index contributed by atoms with van der Waals surface area (Å²) in [5.74, 6) is 1.08. The van der Waals surface area contributed by atoms with Crippen molar-refractivity contribution >= 4 is 23.3 Å². The number of ketones is 1. The predicted molar refractivity (Wildman–Crippen MR) is 172 cm³/mol. The first-order valence-corrected chi connectivity index (χ1v) is 14.6. The van der Waals surface area contributed by atoms with Crippen molar-refractivity contribution in [3.8, 4) is 5.75 Å². The normalized spacial score (nSPS) is 10.8. The van der Waals surface area contributed by atoms with E-state index < -0.39 is 0 Å². The summed E-state index contributed by atoms with van der Waals surface area (Å²) in [5, 5.41) is 0.828. The molecule has 3 rings (SSSR count). The number of rotatable bonds is 11. The first kappa shape index (κ1) is 34.7. The summed E-state index contributed by atoms with van der Waals surface area (Å²) in [4.78, 5) is 15.3. The number of benzene rings is 3. The molecule has 0 bridgehead atoms. The number of guanidine groups is 1. The lowest BCUT2D eigenvalue weighted by Crippen LogP contribution is -2.25. The Balaban J connectivity index is 0.000000311. The lowest BCUT2D eigenvalue weighted by molar-refractivity contribution is -0.123. The summed E-state index contributed by atoms with van der Waals surface area (Å²) in [6.45, 7) is 12.7. The van der Waals surface area contributed by atoms with E-state index in [1.54, 1.807) is 6.92 Å². The molecule has 6 heteroatoms. The maximum Gasteiger partial charge on any atom is 0.185 e. The number of ether oxygens (including phenoxy) is 1. The Bertz CT molecular complexity index is 1170. The summed E-state index contributed by atoms with van der Waals surface area (Å²) in [6, 6.07) is 22.6. The number of carbonyl (C=O) groups excluding carboxylic acids is 1. The van der Waals surface area contributed by atoms with Gasteiger partial charge in [-0.05, 0) is 86.9 Å². The van der Waals surface area contributed by atoms with Crippen molar-refractivity contribution in [2.45, 2.75) is 86.2 Å². The maximum absolute atomic E-state index is 11.4. The molecule has 0 heterocycles. The molecule has 218 valence electrons. The van der Waals surface area contributed by atoms with Crippen molar-refractivity contribution in [2.24, 2.45) is 16.5 Å². The highest BCUT2D eigenvalue weighted by molar-refractivity contribution is 6.30. The third-order valence-corrected chi connectivity index (χ3v) is 6.39. The Kier molecular flexibility index (Phi) is 17.1. The molecule has 0 spiro atoms. The molecule has 0 radical (unpaired) electrons. The fraction of sp³-hybridized carbons (Fsp3) is 0.412. The van der Waals surface area contributed by atoms with Crippen LogP contribution in [0.4, 0.5) is 0 Å². The highest BCUT2D eigenvalue weighted by atomic mass is 35.5. The minimum Gasteiger partial charge on any atom is -0.482 e. The van der Waals surface area contributed by atoms with Gasteiger partial charge in [0.1, 0.15) is 5.75 Å². The molecule has 0 amide bonds. The summed E-state index contributed by atoms with van der Waals surface area (Å²) in [6.07, 6.45) is 5.72. The zero-order valence-electron chi connectivity index (χ0n) is 25.2. The molecule has 0 aliphatic heterocycles. The molecule has 3 aromatic rings. The number of Topliss-reactive ketones (excluding diaryl/α,β-unsaturated/α-hetero) is 1. The molecule has 5 nitrogen and oxygen atoms in total. The highest BCUT2D eigenvalue weighted by Crippen LogP contribution is 2.21. The number of halogens is 1. The molecule has 0 saturated heterocycles. The number of aryl methyl sites for hydroxylation is 4. The summed E-state index contributed by atoms with van der Waals surface area (Å²) >= 11 is 5.72. The number of carbonyl (C=O) groups is 1. The SMILES string of the molecule is CCCC(Oc1ccc(C)cc1C)C(C)=O.CCCc1ccc(CCN=C(N)N)cc1.CCc1cccc(Cl)c1. The van der Waals surface area contributed by atoms with Crippen LogP contribution in [-0.4, -0.2) is 24.4 Å². The van der Waals surface area contributed by atoms with Gasteiger partial charge in [0.15, 0.2) is 17.8 Å². The van der Waals surface area contributed by atoms with Crippen LogP contribution in [0.25, 0.3) is 0 Å². The molecule has 1 atom stereocenters. The summed E-state index contributed by atoms with van der Waals surface area (Å²) in [5.41, 5.74) is 16.8. The van der Waals surface area contributed by atoms with Crippen LogP contribution in [0.3, 0.4) is 0 Å². The fourth-order valence-corrected chi connectivity index (χ4v) is 4.14.